The summed E-state index contributed by atoms with van der Waals surface area (Å²) in [5.41, 5.74) is -5.83. The summed E-state index contributed by atoms with van der Waals surface area (Å²) in [7, 11) is 0. The number of alkyl halides is 6. The molecule has 2 amide bonds. The molecule has 0 unspecified atom stereocenters. The molecule has 2 saturated heterocycles. The van der Waals surface area contributed by atoms with Gasteiger partial charge >= 0.3 is 12.4 Å². The number of carbonyl (C=O) groups is 2. The van der Waals surface area contributed by atoms with Gasteiger partial charge in [-0.15, -0.1) is 0 Å². The standard InChI is InChI=1S/C28H30F6N2O3/c1-18(37)35-14-12-20(13-15-35)24(38)36-16-23(19-6-4-3-5-7-19)25(2,17-36)21-8-10-22(11-9-21)26(39,27(29,30)31)28(32,33)34/h3-11,20,23,39H,12-17H2,1-2H3/t23-,25+/m1/s1. The van der Waals surface area contributed by atoms with Crippen molar-refractivity contribution in [3.8, 4) is 0 Å². The zero-order valence-electron chi connectivity index (χ0n) is 21.5. The average molecular weight is 557 g/mol. The molecule has 212 valence electrons. The fourth-order valence-electron chi connectivity index (χ4n) is 5.89. The Kier molecular flexibility index (Phi) is 7.52. The van der Waals surface area contributed by atoms with Crippen LogP contribution in [0.1, 0.15) is 49.3 Å². The molecule has 2 aromatic rings. The first-order valence-corrected chi connectivity index (χ1v) is 12.7. The lowest BCUT2D eigenvalue weighted by Crippen LogP contribution is -2.53. The maximum atomic E-state index is 13.5. The molecular formula is C28H30F6N2O3. The van der Waals surface area contributed by atoms with Gasteiger partial charge in [-0.1, -0.05) is 61.5 Å². The number of benzene rings is 2. The van der Waals surface area contributed by atoms with E-state index in [1.807, 2.05) is 37.3 Å². The summed E-state index contributed by atoms with van der Waals surface area (Å²) in [4.78, 5) is 28.6. The van der Waals surface area contributed by atoms with Gasteiger partial charge in [-0.05, 0) is 24.0 Å². The Morgan fingerprint density at radius 1 is 0.872 bits per heavy atom. The molecule has 4 rings (SSSR count). The molecule has 11 heteroatoms. The third-order valence-electron chi connectivity index (χ3n) is 8.28. The van der Waals surface area contributed by atoms with Crippen molar-refractivity contribution in [3.63, 3.8) is 0 Å². The van der Waals surface area contributed by atoms with Gasteiger partial charge < -0.3 is 14.9 Å². The molecule has 2 heterocycles. The van der Waals surface area contributed by atoms with Crippen LogP contribution in [-0.2, 0) is 20.6 Å². The number of nitrogens with zero attached hydrogens (tertiary/aromatic N) is 2. The van der Waals surface area contributed by atoms with Crippen molar-refractivity contribution < 1.29 is 41.0 Å². The number of piperidine rings is 1. The maximum absolute atomic E-state index is 13.5. The van der Waals surface area contributed by atoms with Gasteiger partial charge in [-0.25, -0.2) is 0 Å². The Labute approximate surface area is 222 Å². The minimum Gasteiger partial charge on any atom is -0.369 e. The van der Waals surface area contributed by atoms with Crippen molar-refractivity contribution in [1.29, 1.82) is 0 Å². The third kappa shape index (κ3) is 5.13. The molecule has 39 heavy (non-hydrogen) atoms. The van der Waals surface area contributed by atoms with Crippen LogP contribution in [0.2, 0.25) is 0 Å². The first kappa shape index (κ1) is 28.9. The van der Waals surface area contributed by atoms with E-state index in [2.05, 4.69) is 0 Å². The number of likely N-dealkylation sites (tertiary alicyclic amines) is 2. The molecule has 2 atom stereocenters. The van der Waals surface area contributed by atoms with Gasteiger partial charge in [0, 0.05) is 55.9 Å². The molecule has 2 aliphatic rings. The highest BCUT2D eigenvalue weighted by atomic mass is 19.4. The van der Waals surface area contributed by atoms with E-state index in [-0.39, 0.29) is 30.2 Å². The predicted molar refractivity (Wildman–Crippen MR) is 131 cm³/mol. The van der Waals surface area contributed by atoms with Crippen molar-refractivity contribution in [1.82, 2.24) is 9.80 Å². The highest BCUT2D eigenvalue weighted by Gasteiger charge is 2.71. The number of hydrogen-bond donors (Lipinski definition) is 1. The summed E-state index contributed by atoms with van der Waals surface area (Å²) in [6.07, 6.45) is -10.9. The van der Waals surface area contributed by atoms with Gasteiger partial charge in [0.05, 0.1) is 0 Å². The Morgan fingerprint density at radius 3 is 1.90 bits per heavy atom. The van der Waals surface area contributed by atoms with E-state index in [1.165, 1.54) is 19.1 Å². The molecule has 0 saturated carbocycles. The molecule has 2 aromatic carbocycles. The number of carbonyl (C=O) groups excluding carboxylic acids is 2. The molecule has 2 aliphatic heterocycles. The molecule has 0 aromatic heterocycles. The van der Waals surface area contributed by atoms with Gasteiger partial charge in [-0.3, -0.25) is 9.59 Å². The molecule has 2 fully saturated rings. The second-order valence-electron chi connectivity index (χ2n) is 10.7. The number of halogens is 6. The molecule has 0 radical (unpaired) electrons. The van der Waals surface area contributed by atoms with E-state index in [0.717, 1.165) is 5.56 Å². The summed E-state index contributed by atoms with van der Waals surface area (Å²) in [5.74, 6) is -0.696. The number of amides is 2. The number of rotatable bonds is 4. The smallest absolute Gasteiger partial charge is 0.369 e. The number of aliphatic hydroxyl groups is 1. The zero-order chi connectivity index (χ0) is 28.8. The second-order valence-corrected chi connectivity index (χ2v) is 10.7. The van der Waals surface area contributed by atoms with E-state index in [4.69, 9.17) is 0 Å². The van der Waals surface area contributed by atoms with Crippen molar-refractivity contribution in [2.75, 3.05) is 26.2 Å². The summed E-state index contributed by atoms with van der Waals surface area (Å²) in [6, 6.07) is 12.9. The van der Waals surface area contributed by atoms with Gasteiger partial charge in [0.15, 0.2) is 0 Å². The first-order valence-electron chi connectivity index (χ1n) is 12.7. The topological polar surface area (TPSA) is 60.9 Å². The normalized spacial score (nSPS) is 23.3. The van der Waals surface area contributed by atoms with Crippen LogP contribution in [0.3, 0.4) is 0 Å². The van der Waals surface area contributed by atoms with E-state index in [9.17, 15) is 41.0 Å². The Bertz CT molecular complexity index is 1180. The van der Waals surface area contributed by atoms with Crippen molar-refractivity contribution in [3.05, 3.63) is 71.3 Å². The zero-order valence-corrected chi connectivity index (χ0v) is 21.5. The molecule has 0 spiro atoms. The largest absolute Gasteiger partial charge is 0.430 e. The second kappa shape index (κ2) is 10.1. The van der Waals surface area contributed by atoms with Crippen LogP contribution in [0.15, 0.2) is 54.6 Å². The third-order valence-corrected chi connectivity index (χ3v) is 8.28. The lowest BCUT2D eigenvalue weighted by Gasteiger charge is -2.35. The van der Waals surface area contributed by atoms with Crippen LogP contribution in [-0.4, -0.2) is 65.3 Å². The fourth-order valence-corrected chi connectivity index (χ4v) is 5.89. The SMILES string of the molecule is CC(=O)N1CCC(C(=O)N2C[C@H](c3ccccc3)[C@](C)(c3ccc(C(O)(C(F)(F)F)C(F)(F)F)cc3)C2)CC1. The Morgan fingerprint density at radius 2 is 1.41 bits per heavy atom. The maximum Gasteiger partial charge on any atom is 0.430 e. The summed E-state index contributed by atoms with van der Waals surface area (Å²) < 4.78 is 80.4. The quantitative estimate of drug-likeness (QED) is 0.531. The van der Waals surface area contributed by atoms with Crippen LogP contribution in [0.25, 0.3) is 0 Å². The van der Waals surface area contributed by atoms with Crippen molar-refractivity contribution >= 4 is 11.8 Å². The average Bonchev–Trinajstić information content (AvgIpc) is 3.25. The molecular weight excluding hydrogens is 526 g/mol. The van der Waals surface area contributed by atoms with Crippen LogP contribution >= 0.6 is 0 Å². The highest BCUT2D eigenvalue weighted by molar-refractivity contribution is 5.80. The monoisotopic (exact) mass is 556 g/mol. The first-order chi connectivity index (χ1) is 18.1. The molecule has 0 bridgehead atoms. The lowest BCUT2D eigenvalue weighted by molar-refractivity contribution is -0.376. The van der Waals surface area contributed by atoms with E-state index >= 15 is 0 Å². The molecule has 0 aliphatic carbocycles. The molecule has 1 N–H and O–H groups in total. The van der Waals surface area contributed by atoms with Crippen LogP contribution < -0.4 is 0 Å². The van der Waals surface area contributed by atoms with Crippen molar-refractivity contribution in [2.45, 2.75) is 56.0 Å². The van der Waals surface area contributed by atoms with Crippen LogP contribution in [0.5, 0.6) is 0 Å². The van der Waals surface area contributed by atoms with Crippen LogP contribution in [0.4, 0.5) is 26.3 Å². The van der Waals surface area contributed by atoms with Crippen molar-refractivity contribution in [2.24, 2.45) is 5.92 Å². The highest BCUT2D eigenvalue weighted by Crippen LogP contribution is 2.51. The Hall–Kier alpha value is -3.08. The van der Waals surface area contributed by atoms with Gasteiger partial charge in [0.25, 0.3) is 5.60 Å². The Balaban J connectivity index is 1.66. The minimum absolute atomic E-state index is 0.0508. The predicted octanol–water partition coefficient (Wildman–Crippen LogP) is 5.14. The van der Waals surface area contributed by atoms with Gasteiger partial charge in [0.2, 0.25) is 11.8 Å². The van der Waals surface area contributed by atoms with E-state index in [0.29, 0.717) is 50.2 Å². The van der Waals surface area contributed by atoms with E-state index < -0.39 is 28.9 Å². The van der Waals surface area contributed by atoms with Gasteiger partial charge in [0.1, 0.15) is 0 Å². The summed E-state index contributed by atoms with van der Waals surface area (Å²) >= 11 is 0. The van der Waals surface area contributed by atoms with Crippen LogP contribution in [0, 0.1) is 5.92 Å². The summed E-state index contributed by atoms with van der Waals surface area (Å²) in [5, 5.41) is 9.79. The fraction of sp³-hybridized carbons (Fsp3) is 0.500. The van der Waals surface area contributed by atoms with Gasteiger partial charge in [-0.2, -0.15) is 26.3 Å². The minimum atomic E-state index is -5.97. The molecule has 5 nitrogen and oxygen atoms in total. The summed E-state index contributed by atoms with van der Waals surface area (Å²) in [6.45, 7) is 4.80. The number of hydrogen-bond acceptors (Lipinski definition) is 3. The van der Waals surface area contributed by atoms with E-state index in [1.54, 1.807) is 9.80 Å². The lowest BCUT2D eigenvalue weighted by atomic mass is 9.71.